The molecular formula is C25H27FN6O. The number of hydrogen-bond donors (Lipinski definition) is 2. The van der Waals surface area contributed by atoms with Crippen molar-refractivity contribution in [2.45, 2.75) is 32.6 Å². The van der Waals surface area contributed by atoms with Gasteiger partial charge in [0.1, 0.15) is 5.52 Å². The number of carbonyl (C=O) groups excluding carboxylic acids is 1. The summed E-state index contributed by atoms with van der Waals surface area (Å²) in [6, 6.07) is 5.01. The summed E-state index contributed by atoms with van der Waals surface area (Å²) >= 11 is 0. The molecule has 0 saturated carbocycles. The van der Waals surface area contributed by atoms with Crippen LogP contribution in [-0.4, -0.2) is 58.2 Å². The molecule has 0 bridgehead atoms. The first-order valence-corrected chi connectivity index (χ1v) is 11.3. The van der Waals surface area contributed by atoms with E-state index in [-0.39, 0.29) is 11.7 Å². The molecule has 0 atom stereocenters. The quantitative estimate of drug-likeness (QED) is 0.487. The summed E-state index contributed by atoms with van der Waals surface area (Å²) in [5.41, 5.74) is 6.02. The van der Waals surface area contributed by atoms with Crippen LogP contribution >= 0.6 is 0 Å². The molecule has 0 fully saturated rings. The van der Waals surface area contributed by atoms with Gasteiger partial charge in [-0.1, -0.05) is 0 Å². The number of amides is 1. The van der Waals surface area contributed by atoms with Gasteiger partial charge in [-0.3, -0.25) is 14.9 Å². The van der Waals surface area contributed by atoms with Crippen LogP contribution in [0.5, 0.6) is 0 Å². The summed E-state index contributed by atoms with van der Waals surface area (Å²) in [6.45, 7) is 3.29. The molecule has 3 heterocycles. The Morgan fingerprint density at radius 2 is 1.97 bits per heavy atom. The average molecular weight is 447 g/mol. The van der Waals surface area contributed by atoms with Crippen molar-refractivity contribution < 1.29 is 9.18 Å². The van der Waals surface area contributed by atoms with Crippen LogP contribution in [0.1, 0.15) is 40.0 Å². The molecule has 1 aromatic carbocycles. The van der Waals surface area contributed by atoms with E-state index in [1.165, 1.54) is 6.07 Å². The maximum Gasteiger partial charge on any atom is 0.252 e. The van der Waals surface area contributed by atoms with Crippen LogP contribution < -0.4 is 5.32 Å². The third kappa shape index (κ3) is 3.84. The Hall–Kier alpha value is -3.39. The molecule has 0 unspecified atom stereocenters. The molecule has 7 nitrogen and oxygen atoms in total. The van der Waals surface area contributed by atoms with Crippen molar-refractivity contribution in [3.8, 4) is 11.4 Å². The Labute approximate surface area is 191 Å². The van der Waals surface area contributed by atoms with Gasteiger partial charge in [-0.15, -0.1) is 0 Å². The second-order valence-electron chi connectivity index (χ2n) is 8.94. The molecule has 0 radical (unpaired) electrons. The molecule has 3 aromatic heterocycles. The smallest absolute Gasteiger partial charge is 0.252 e. The van der Waals surface area contributed by atoms with Gasteiger partial charge in [-0.25, -0.2) is 9.37 Å². The highest BCUT2D eigenvalue weighted by atomic mass is 19.1. The predicted octanol–water partition coefficient (Wildman–Crippen LogP) is 3.79. The van der Waals surface area contributed by atoms with Gasteiger partial charge in [0.25, 0.3) is 5.91 Å². The van der Waals surface area contributed by atoms with Crippen molar-refractivity contribution in [1.29, 1.82) is 0 Å². The predicted molar refractivity (Wildman–Crippen MR) is 127 cm³/mol. The first kappa shape index (κ1) is 21.5. The lowest BCUT2D eigenvalue weighted by molar-refractivity contribution is 0.0950. The second-order valence-corrected chi connectivity index (χ2v) is 8.94. The molecule has 0 aliphatic heterocycles. The molecule has 33 heavy (non-hydrogen) atoms. The zero-order chi connectivity index (χ0) is 23.1. The van der Waals surface area contributed by atoms with E-state index in [9.17, 15) is 4.79 Å². The fourth-order valence-electron chi connectivity index (χ4n) is 4.69. The zero-order valence-corrected chi connectivity index (χ0v) is 19.1. The standard InChI is InChI=1S/C25H27FN6O/c1-14-21-20(31-30-14)12-18(26)24-22(21)16-6-4-5-7-17(16)23(29-24)19-9-8-15(13-28-19)25(33)27-10-11-32(2)3/h8-9,12-13H,4-7,10-11H2,1-3H3,(H,27,33)(H,30,31). The number of carbonyl (C=O) groups is 1. The molecular weight excluding hydrogens is 419 g/mol. The number of pyridine rings is 2. The number of fused-ring (bicyclic) bond motifs is 5. The van der Waals surface area contributed by atoms with Crippen molar-refractivity contribution in [3.63, 3.8) is 0 Å². The lowest BCUT2D eigenvalue weighted by atomic mass is 9.86. The lowest BCUT2D eigenvalue weighted by Crippen LogP contribution is -2.31. The number of benzene rings is 1. The van der Waals surface area contributed by atoms with Crippen LogP contribution in [0, 0.1) is 12.7 Å². The van der Waals surface area contributed by atoms with Crippen LogP contribution in [0.25, 0.3) is 33.2 Å². The molecule has 8 heteroatoms. The summed E-state index contributed by atoms with van der Waals surface area (Å²) < 4.78 is 15.1. The fraction of sp³-hybridized carbons (Fsp3) is 0.360. The highest BCUT2D eigenvalue weighted by molar-refractivity contribution is 6.09. The zero-order valence-electron chi connectivity index (χ0n) is 19.1. The van der Waals surface area contributed by atoms with Crippen LogP contribution in [0.2, 0.25) is 0 Å². The van der Waals surface area contributed by atoms with Crippen LogP contribution in [0.3, 0.4) is 0 Å². The molecule has 0 saturated heterocycles. The summed E-state index contributed by atoms with van der Waals surface area (Å²) in [7, 11) is 3.92. The Morgan fingerprint density at radius 3 is 2.70 bits per heavy atom. The maximum atomic E-state index is 15.1. The van der Waals surface area contributed by atoms with Gasteiger partial charge in [0.2, 0.25) is 0 Å². The van der Waals surface area contributed by atoms with Crippen molar-refractivity contribution in [3.05, 3.63) is 52.6 Å². The third-order valence-electron chi connectivity index (χ3n) is 6.34. The van der Waals surface area contributed by atoms with Crippen molar-refractivity contribution in [1.82, 2.24) is 30.4 Å². The van der Waals surface area contributed by atoms with E-state index in [0.29, 0.717) is 34.5 Å². The number of aromatic amines is 1. The van der Waals surface area contributed by atoms with E-state index in [2.05, 4.69) is 20.5 Å². The molecule has 1 amide bonds. The summed E-state index contributed by atoms with van der Waals surface area (Å²) in [4.78, 5) is 23.8. The minimum absolute atomic E-state index is 0.159. The van der Waals surface area contributed by atoms with Gasteiger partial charge in [0.05, 0.1) is 22.5 Å². The van der Waals surface area contributed by atoms with Gasteiger partial charge in [0, 0.05) is 41.8 Å². The topological polar surface area (TPSA) is 86.8 Å². The van der Waals surface area contributed by atoms with Crippen molar-refractivity contribution in [2.24, 2.45) is 0 Å². The van der Waals surface area contributed by atoms with E-state index in [0.717, 1.165) is 59.8 Å². The van der Waals surface area contributed by atoms with E-state index < -0.39 is 0 Å². The number of rotatable bonds is 5. The minimum Gasteiger partial charge on any atom is -0.351 e. The van der Waals surface area contributed by atoms with Gasteiger partial charge in [0.15, 0.2) is 5.82 Å². The van der Waals surface area contributed by atoms with Gasteiger partial charge >= 0.3 is 0 Å². The first-order chi connectivity index (χ1) is 15.9. The number of halogens is 1. The van der Waals surface area contributed by atoms with Gasteiger partial charge < -0.3 is 10.2 Å². The monoisotopic (exact) mass is 446 g/mol. The number of aryl methyl sites for hydroxylation is 2. The molecule has 2 N–H and O–H groups in total. The van der Waals surface area contributed by atoms with Crippen LogP contribution in [-0.2, 0) is 12.8 Å². The van der Waals surface area contributed by atoms with Gasteiger partial charge in [-0.05, 0) is 70.0 Å². The van der Waals surface area contributed by atoms with Crippen molar-refractivity contribution >= 4 is 27.7 Å². The SMILES string of the molecule is Cc1[nH]nc2cc(F)c3nc(-c4ccc(C(=O)NCCN(C)C)cn4)c4c(c3c12)CCCC4. The maximum absolute atomic E-state index is 15.1. The fourth-order valence-corrected chi connectivity index (χ4v) is 4.69. The van der Waals surface area contributed by atoms with E-state index in [1.807, 2.05) is 32.0 Å². The highest BCUT2D eigenvalue weighted by Crippen LogP contribution is 2.39. The molecule has 4 aromatic rings. The highest BCUT2D eigenvalue weighted by Gasteiger charge is 2.24. The number of likely N-dealkylation sites (N-methyl/N-ethyl adjacent to an activating group) is 1. The third-order valence-corrected chi connectivity index (χ3v) is 6.34. The molecule has 0 spiro atoms. The molecule has 170 valence electrons. The van der Waals surface area contributed by atoms with Gasteiger partial charge in [-0.2, -0.15) is 5.10 Å². The van der Waals surface area contributed by atoms with Crippen LogP contribution in [0.15, 0.2) is 24.4 Å². The largest absolute Gasteiger partial charge is 0.351 e. The Balaban J connectivity index is 1.59. The number of nitrogens with zero attached hydrogens (tertiary/aromatic N) is 4. The number of aromatic nitrogens is 4. The number of nitrogens with one attached hydrogen (secondary N) is 2. The minimum atomic E-state index is -0.379. The first-order valence-electron chi connectivity index (χ1n) is 11.3. The van der Waals surface area contributed by atoms with E-state index in [1.54, 1.807) is 12.3 Å². The summed E-state index contributed by atoms with van der Waals surface area (Å²) in [5, 5.41) is 12.0. The van der Waals surface area contributed by atoms with E-state index >= 15 is 4.39 Å². The summed E-state index contributed by atoms with van der Waals surface area (Å²) in [5.74, 6) is -0.538. The number of hydrogen-bond acceptors (Lipinski definition) is 5. The molecule has 1 aliphatic rings. The van der Waals surface area contributed by atoms with E-state index in [4.69, 9.17) is 4.98 Å². The lowest BCUT2D eigenvalue weighted by Gasteiger charge is -2.22. The van der Waals surface area contributed by atoms with Crippen LogP contribution in [0.4, 0.5) is 4.39 Å². The number of H-pyrrole nitrogens is 1. The normalized spacial score (nSPS) is 13.6. The Bertz CT molecular complexity index is 1360. The summed E-state index contributed by atoms with van der Waals surface area (Å²) in [6.07, 6.45) is 5.43. The Kier molecular flexibility index (Phi) is 5.54. The molecule has 1 aliphatic carbocycles. The molecule has 5 rings (SSSR count). The average Bonchev–Trinajstić information content (AvgIpc) is 3.18. The second kappa shape index (κ2) is 8.51. The Morgan fingerprint density at radius 1 is 1.18 bits per heavy atom. The van der Waals surface area contributed by atoms with Crippen molar-refractivity contribution in [2.75, 3.05) is 27.2 Å².